The summed E-state index contributed by atoms with van der Waals surface area (Å²) >= 11 is 0. The number of rotatable bonds is 10. The molecule has 0 spiro atoms. The van der Waals surface area contributed by atoms with Crippen molar-refractivity contribution in [3.63, 3.8) is 0 Å². The summed E-state index contributed by atoms with van der Waals surface area (Å²) < 4.78 is 25.5. The maximum Gasteiger partial charge on any atom is 0.444 e. The fourth-order valence-corrected chi connectivity index (χ4v) is 4.32. The van der Waals surface area contributed by atoms with Gasteiger partial charge in [-0.2, -0.15) is 0 Å². The lowest BCUT2D eigenvalue weighted by atomic mass is 9.92. The molecule has 1 heterocycles. The number of para-hydroxylation sites is 1. The highest BCUT2D eigenvalue weighted by Crippen LogP contribution is 2.30. The van der Waals surface area contributed by atoms with E-state index in [1.54, 1.807) is 24.3 Å². The van der Waals surface area contributed by atoms with Gasteiger partial charge in [0.1, 0.15) is 18.2 Å². The smallest absolute Gasteiger partial charge is 0.444 e. The number of carbonyl (C=O) groups is 2. The Morgan fingerprint density at radius 1 is 1.03 bits per heavy atom. The van der Waals surface area contributed by atoms with Gasteiger partial charge in [-0.1, -0.05) is 61.5 Å². The number of nitrogens with one attached hydrogen (secondary N) is 1. The summed E-state index contributed by atoms with van der Waals surface area (Å²) in [6.45, 7) is 5.23. The number of aromatic nitrogens is 2. The number of ether oxygens (including phenoxy) is 1. The van der Waals surface area contributed by atoms with E-state index in [0.29, 0.717) is 11.3 Å². The second-order valence-corrected chi connectivity index (χ2v) is 9.35. The molecule has 38 heavy (non-hydrogen) atoms. The van der Waals surface area contributed by atoms with Crippen LogP contribution >= 0.6 is 0 Å². The van der Waals surface area contributed by atoms with E-state index >= 15 is 0 Å². The molecular formula is C29H28FN3O5. The second kappa shape index (κ2) is 11.2. The number of carbonyl (C=O) groups excluding carboxylic acids is 2. The summed E-state index contributed by atoms with van der Waals surface area (Å²) in [5, 5.41) is 6.66. The van der Waals surface area contributed by atoms with Gasteiger partial charge in [0.05, 0.1) is 5.56 Å². The number of amides is 1. The lowest BCUT2D eigenvalue weighted by Gasteiger charge is -2.34. The fraction of sp³-hybridized carbons (Fsp3) is 0.241. The summed E-state index contributed by atoms with van der Waals surface area (Å²) in [7, 11) is 0. The molecule has 0 aliphatic rings. The Morgan fingerprint density at radius 2 is 1.68 bits per heavy atom. The van der Waals surface area contributed by atoms with Gasteiger partial charge in [-0.3, -0.25) is 14.1 Å². The molecule has 0 radical (unpaired) electrons. The van der Waals surface area contributed by atoms with Crippen LogP contribution in [-0.4, -0.2) is 21.4 Å². The molecule has 4 rings (SSSR count). The van der Waals surface area contributed by atoms with E-state index < -0.39 is 28.9 Å². The third kappa shape index (κ3) is 5.56. The Labute approximate surface area is 219 Å². The predicted molar refractivity (Wildman–Crippen MR) is 139 cm³/mol. The van der Waals surface area contributed by atoms with Crippen LogP contribution in [0.4, 0.5) is 4.39 Å². The van der Waals surface area contributed by atoms with Gasteiger partial charge in [-0.25, -0.2) is 13.8 Å². The normalized spacial score (nSPS) is 12.7. The Kier molecular flexibility index (Phi) is 7.85. The van der Waals surface area contributed by atoms with Crippen LogP contribution in [0.15, 0.2) is 88.2 Å². The number of nitrogens with zero attached hydrogens (tertiary/aromatic N) is 2. The summed E-state index contributed by atoms with van der Waals surface area (Å²) in [5.74, 6) is -2.38. The first-order valence-corrected chi connectivity index (χ1v) is 12.2. The van der Waals surface area contributed by atoms with Crippen molar-refractivity contribution in [2.75, 3.05) is 0 Å². The van der Waals surface area contributed by atoms with E-state index in [2.05, 4.69) is 10.5 Å². The predicted octanol–water partition coefficient (Wildman–Crippen LogP) is 4.94. The molecule has 1 amide bonds. The highest BCUT2D eigenvalue weighted by atomic mass is 19.1. The molecule has 1 atom stereocenters. The molecular weight excluding hydrogens is 489 g/mol. The van der Waals surface area contributed by atoms with Crippen molar-refractivity contribution < 1.29 is 23.2 Å². The maximum atomic E-state index is 13.7. The lowest BCUT2D eigenvalue weighted by Crippen LogP contribution is -2.59. The highest BCUT2D eigenvalue weighted by Gasteiger charge is 2.44. The Balaban J connectivity index is 1.76. The van der Waals surface area contributed by atoms with E-state index in [1.807, 2.05) is 44.2 Å². The molecule has 0 saturated carbocycles. The zero-order valence-corrected chi connectivity index (χ0v) is 21.3. The first-order chi connectivity index (χ1) is 18.2. The summed E-state index contributed by atoms with van der Waals surface area (Å²) in [4.78, 5) is 40.0. The Hall–Kier alpha value is -4.53. The first-order valence-electron chi connectivity index (χ1n) is 12.2. The van der Waals surface area contributed by atoms with Gasteiger partial charge >= 0.3 is 5.76 Å². The van der Waals surface area contributed by atoms with Crippen molar-refractivity contribution in [1.29, 1.82) is 0 Å². The molecule has 0 aliphatic carbocycles. The van der Waals surface area contributed by atoms with Crippen LogP contribution < -0.4 is 15.8 Å². The van der Waals surface area contributed by atoms with Crippen LogP contribution in [0, 0.1) is 11.7 Å². The van der Waals surface area contributed by atoms with Gasteiger partial charge < -0.3 is 10.1 Å². The van der Waals surface area contributed by atoms with Crippen LogP contribution in [0.5, 0.6) is 5.75 Å². The average molecular weight is 518 g/mol. The van der Waals surface area contributed by atoms with Crippen LogP contribution in [0.2, 0.25) is 0 Å². The summed E-state index contributed by atoms with van der Waals surface area (Å²) in [6, 6.07) is 21.4. The van der Waals surface area contributed by atoms with Gasteiger partial charge in [0, 0.05) is 5.56 Å². The summed E-state index contributed by atoms with van der Waals surface area (Å²) in [5.41, 5.74) is -0.391. The van der Waals surface area contributed by atoms with E-state index in [9.17, 15) is 18.8 Å². The topological polar surface area (TPSA) is 103 Å². The van der Waals surface area contributed by atoms with E-state index in [4.69, 9.17) is 9.26 Å². The minimum absolute atomic E-state index is 0.0141. The largest absolute Gasteiger partial charge is 0.488 e. The third-order valence-corrected chi connectivity index (χ3v) is 6.06. The first kappa shape index (κ1) is 26.5. The fourth-order valence-electron chi connectivity index (χ4n) is 4.32. The molecule has 0 fully saturated rings. The molecule has 9 heteroatoms. The molecule has 1 aromatic heterocycles. The second-order valence-electron chi connectivity index (χ2n) is 9.35. The maximum absolute atomic E-state index is 13.7. The number of hydrogen-bond acceptors (Lipinski definition) is 6. The molecule has 0 saturated heterocycles. The third-order valence-electron chi connectivity index (χ3n) is 6.06. The molecule has 0 aliphatic heterocycles. The molecule has 196 valence electrons. The van der Waals surface area contributed by atoms with E-state index in [1.165, 1.54) is 31.2 Å². The zero-order valence-electron chi connectivity index (χ0n) is 21.3. The van der Waals surface area contributed by atoms with Crippen molar-refractivity contribution >= 4 is 11.7 Å². The number of halogens is 1. The molecule has 3 aromatic carbocycles. The quantitative estimate of drug-likeness (QED) is 0.320. The van der Waals surface area contributed by atoms with Gasteiger partial charge in [-0.15, -0.1) is 0 Å². The van der Waals surface area contributed by atoms with Gasteiger partial charge in [-0.05, 0) is 61.2 Å². The molecule has 0 bridgehead atoms. The van der Waals surface area contributed by atoms with Crippen molar-refractivity contribution in [2.24, 2.45) is 5.92 Å². The van der Waals surface area contributed by atoms with E-state index in [0.717, 1.165) is 10.1 Å². The number of Topliss-reactive ketones (excluding diaryl/α,β-unsaturated/α-hetero) is 1. The SMILES string of the molecule is CC(=O)C(CC(C)C)(NC(=O)c1ccccc1OCc1ccccc1)n1c(-c2ccc(F)cc2)noc1=O. The van der Waals surface area contributed by atoms with Crippen molar-refractivity contribution in [1.82, 2.24) is 15.0 Å². The number of hydrogen-bond donors (Lipinski definition) is 1. The van der Waals surface area contributed by atoms with E-state index in [-0.39, 0.29) is 30.3 Å². The lowest BCUT2D eigenvalue weighted by molar-refractivity contribution is -0.128. The Bertz CT molecular complexity index is 1480. The van der Waals surface area contributed by atoms with Crippen LogP contribution in [0.3, 0.4) is 0 Å². The standard InChI is InChI=1S/C29H28FN3O5/c1-19(2)17-29(20(3)34,33-26(32-38-28(33)36)22-13-15-23(30)16-14-22)31-27(35)24-11-7-8-12-25(24)37-18-21-9-5-4-6-10-21/h4-16,19H,17-18H2,1-3H3,(H,31,35). The van der Waals surface area contributed by atoms with Gasteiger partial charge in [0.2, 0.25) is 0 Å². The number of ketones is 1. The van der Waals surface area contributed by atoms with Crippen LogP contribution in [0.1, 0.15) is 43.1 Å². The average Bonchev–Trinajstić information content (AvgIpc) is 3.29. The van der Waals surface area contributed by atoms with Crippen LogP contribution in [-0.2, 0) is 17.1 Å². The van der Waals surface area contributed by atoms with Gasteiger partial charge in [0.15, 0.2) is 17.3 Å². The summed E-state index contributed by atoms with van der Waals surface area (Å²) in [6.07, 6.45) is 0.0659. The number of benzene rings is 3. The molecule has 1 unspecified atom stereocenters. The zero-order chi connectivity index (χ0) is 27.3. The Morgan fingerprint density at radius 3 is 2.34 bits per heavy atom. The molecule has 4 aromatic rings. The van der Waals surface area contributed by atoms with Crippen LogP contribution in [0.25, 0.3) is 11.4 Å². The van der Waals surface area contributed by atoms with Crippen molar-refractivity contribution in [3.05, 3.63) is 106 Å². The molecule has 1 N–H and O–H groups in total. The highest BCUT2D eigenvalue weighted by molar-refractivity contribution is 6.00. The minimum atomic E-state index is -1.83. The van der Waals surface area contributed by atoms with Crippen molar-refractivity contribution in [3.8, 4) is 17.1 Å². The monoisotopic (exact) mass is 517 g/mol. The van der Waals surface area contributed by atoms with Gasteiger partial charge in [0.25, 0.3) is 5.91 Å². The van der Waals surface area contributed by atoms with Crippen molar-refractivity contribution in [2.45, 2.75) is 39.5 Å². The minimum Gasteiger partial charge on any atom is -0.488 e. The molecule has 8 nitrogen and oxygen atoms in total.